The number of carboxylic acids is 1. The van der Waals surface area contributed by atoms with E-state index in [2.05, 4.69) is 4.98 Å². The molecule has 0 aliphatic heterocycles. The van der Waals surface area contributed by atoms with Crippen LogP contribution < -0.4 is 9.47 Å². The van der Waals surface area contributed by atoms with Crippen molar-refractivity contribution in [2.45, 2.75) is 20.0 Å². The van der Waals surface area contributed by atoms with Crippen molar-refractivity contribution in [2.24, 2.45) is 0 Å². The van der Waals surface area contributed by atoms with Gasteiger partial charge in [-0.3, -0.25) is 4.40 Å². The van der Waals surface area contributed by atoms with E-state index in [9.17, 15) is 4.79 Å². The third-order valence-electron chi connectivity index (χ3n) is 2.81. The summed E-state index contributed by atoms with van der Waals surface area (Å²) in [6, 6.07) is 5.14. The number of aliphatic carboxylic acids is 1. The molecule has 0 radical (unpaired) electrons. The summed E-state index contributed by atoms with van der Waals surface area (Å²) in [6.45, 7) is 3.78. The van der Waals surface area contributed by atoms with Crippen LogP contribution in [0.5, 0.6) is 11.6 Å². The minimum atomic E-state index is -1.31. The summed E-state index contributed by atoms with van der Waals surface area (Å²) >= 11 is 0. The van der Waals surface area contributed by atoms with E-state index in [1.807, 2.05) is 13.8 Å². The van der Waals surface area contributed by atoms with Crippen molar-refractivity contribution >= 4 is 17.7 Å². The molecule has 0 saturated heterocycles. The molecule has 0 fully saturated rings. The Hall–Kier alpha value is -3.01. The molecule has 0 aromatic carbocycles. The monoisotopic (exact) mass is 301 g/mol. The van der Waals surface area contributed by atoms with Crippen LogP contribution in [-0.2, 0) is 4.79 Å². The highest BCUT2D eigenvalue weighted by Crippen LogP contribution is 2.28. The summed E-state index contributed by atoms with van der Waals surface area (Å²) < 4.78 is 12.5. The molecule has 2 aromatic heterocycles. The van der Waals surface area contributed by atoms with Gasteiger partial charge >= 0.3 is 5.97 Å². The highest BCUT2D eigenvalue weighted by Gasteiger charge is 2.17. The molecule has 0 amide bonds. The fraction of sp³-hybridized carbons (Fsp3) is 0.267. The van der Waals surface area contributed by atoms with Gasteiger partial charge in [-0.2, -0.15) is 10.2 Å². The summed E-state index contributed by atoms with van der Waals surface area (Å²) in [4.78, 5) is 15.3. The van der Waals surface area contributed by atoms with Crippen LogP contribution in [0.25, 0.3) is 11.7 Å². The first-order valence-electron chi connectivity index (χ1n) is 6.54. The minimum Gasteiger partial charge on any atom is -0.487 e. The molecule has 1 N–H and O–H groups in total. The fourth-order valence-electron chi connectivity index (χ4n) is 1.95. The smallest absolute Gasteiger partial charge is 0.346 e. The molecule has 0 saturated carbocycles. The summed E-state index contributed by atoms with van der Waals surface area (Å²) in [6.07, 6.45) is 2.88. The van der Waals surface area contributed by atoms with Crippen LogP contribution in [-0.4, -0.2) is 33.7 Å². The number of ether oxygens (including phenoxy) is 2. The Kier molecular flexibility index (Phi) is 4.32. The second-order valence-electron chi connectivity index (χ2n) is 4.71. The summed E-state index contributed by atoms with van der Waals surface area (Å²) in [5.74, 6) is -0.549. The van der Waals surface area contributed by atoms with Gasteiger partial charge in [0.15, 0.2) is 11.4 Å². The summed E-state index contributed by atoms with van der Waals surface area (Å²) in [5.41, 5.74) is 0.447. The van der Waals surface area contributed by atoms with Crippen LogP contribution in [0.15, 0.2) is 23.9 Å². The van der Waals surface area contributed by atoms with Gasteiger partial charge in [-0.05, 0) is 32.1 Å². The number of nitriles is 1. The molecular formula is C15H15N3O4. The Morgan fingerprint density at radius 3 is 2.82 bits per heavy atom. The molecule has 7 heteroatoms. The van der Waals surface area contributed by atoms with Crippen molar-refractivity contribution < 1.29 is 19.4 Å². The van der Waals surface area contributed by atoms with Crippen molar-refractivity contribution in [2.75, 3.05) is 7.11 Å². The van der Waals surface area contributed by atoms with E-state index in [4.69, 9.17) is 19.8 Å². The maximum Gasteiger partial charge on any atom is 0.346 e. The molecule has 0 bridgehead atoms. The zero-order chi connectivity index (χ0) is 16.3. The molecular weight excluding hydrogens is 286 g/mol. The molecule has 0 aliphatic rings. The fourth-order valence-corrected chi connectivity index (χ4v) is 1.95. The first kappa shape index (κ1) is 15.4. The Morgan fingerprint density at radius 2 is 2.27 bits per heavy atom. The van der Waals surface area contributed by atoms with Crippen molar-refractivity contribution in [1.82, 2.24) is 9.38 Å². The summed E-state index contributed by atoms with van der Waals surface area (Å²) in [7, 11) is 1.43. The number of hydrogen-bond donors (Lipinski definition) is 1. The lowest BCUT2D eigenvalue weighted by Gasteiger charge is -2.10. The van der Waals surface area contributed by atoms with Crippen LogP contribution in [0, 0.1) is 11.3 Å². The van der Waals surface area contributed by atoms with Gasteiger partial charge in [-0.15, -0.1) is 0 Å². The maximum atomic E-state index is 11.0. The number of nitrogens with zero attached hydrogens (tertiary/aromatic N) is 3. The molecule has 7 nitrogen and oxygen atoms in total. The molecule has 0 atom stereocenters. The normalized spacial score (nSPS) is 11.5. The van der Waals surface area contributed by atoms with Crippen molar-refractivity contribution in [3.63, 3.8) is 0 Å². The molecule has 2 rings (SSSR count). The number of aromatic nitrogens is 2. The highest BCUT2D eigenvalue weighted by molar-refractivity contribution is 5.96. The van der Waals surface area contributed by atoms with Gasteiger partial charge in [0.05, 0.1) is 13.2 Å². The standard InChI is InChI=1S/C15H15N3O4/c1-9(2)22-12-5-4-6-18-11(7-10(8-16)15(19)20)14(21-3)17-13(12)18/h4-7,9H,1-3H3,(H,19,20). The maximum absolute atomic E-state index is 11.0. The Bertz CT molecular complexity index is 784. The molecule has 0 spiro atoms. The number of rotatable bonds is 5. The average Bonchev–Trinajstić information content (AvgIpc) is 2.82. The van der Waals surface area contributed by atoms with Gasteiger partial charge in [0.25, 0.3) is 0 Å². The summed E-state index contributed by atoms with van der Waals surface area (Å²) in [5, 5.41) is 17.9. The third kappa shape index (κ3) is 2.86. The Morgan fingerprint density at radius 1 is 1.55 bits per heavy atom. The molecule has 114 valence electrons. The number of pyridine rings is 1. The van der Waals surface area contributed by atoms with E-state index in [0.717, 1.165) is 0 Å². The van der Waals surface area contributed by atoms with Gasteiger partial charge in [0.1, 0.15) is 17.3 Å². The number of carboxylic acid groups (broad SMARTS) is 1. The SMILES string of the molecule is COc1nc2c(OC(C)C)cccn2c1C=C(C#N)C(=O)O. The first-order chi connectivity index (χ1) is 10.5. The molecule has 2 heterocycles. The van der Waals surface area contributed by atoms with Crippen LogP contribution in [0.2, 0.25) is 0 Å². The Balaban J connectivity index is 2.69. The number of hydrogen-bond acceptors (Lipinski definition) is 5. The van der Waals surface area contributed by atoms with Gasteiger partial charge in [-0.1, -0.05) is 0 Å². The van der Waals surface area contributed by atoms with Crippen LogP contribution in [0.1, 0.15) is 19.5 Å². The van der Waals surface area contributed by atoms with E-state index >= 15 is 0 Å². The third-order valence-corrected chi connectivity index (χ3v) is 2.81. The largest absolute Gasteiger partial charge is 0.487 e. The molecule has 0 aliphatic carbocycles. The van der Waals surface area contributed by atoms with E-state index < -0.39 is 11.5 Å². The van der Waals surface area contributed by atoms with E-state index in [1.165, 1.54) is 13.2 Å². The van der Waals surface area contributed by atoms with Crippen molar-refractivity contribution in [3.8, 4) is 17.7 Å². The second-order valence-corrected chi connectivity index (χ2v) is 4.71. The number of imidazole rings is 1. The predicted molar refractivity (Wildman–Crippen MR) is 78.7 cm³/mol. The molecule has 2 aromatic rings. The Labute approximate surface area is 127 Å². The molecule has 0 unspecified atom stereocenters. The van der Waals surface area contributed by atoms with Gasteiger partial charge in [-0.25, -0.2) is 4.79 Å². The van der Waals surface area contributed by atoms with Crippen LogP contribution in [0.3, 0.4) is 0 Å². The minimum absolute atomic E-state index is 0.0402. The number of carbonyl (C=O) groups is 1. The van der Waals surface area contributed by atoms with Crippen molar-refractivity contribution in [3.05, 3.63) is 29.6 Å². The highest BCUT2D eigenvalue weighted by atomic mass is 16.5. The average molecular weight is 301 g/mol. The quantitative estimate of drug-likeness (QED) is 0.671. The van der Waals surface area contributed by atoms with Gasteiger partial charge < -0.3 is 14.6 Å². The lowest BCUT2D eigenvalue weighted by Crippen LogP contribution is -2.06. The topological polar surface area (TPSA) is 96.9 Å². The van der Waals surface area contributed by atoms with E-state index in [1.54, 1.807) is 28.8 Å². The number of fused-ring (bicyclic) bond motifs is 1. The van der Waals surface area contributed by atoms with Gasteiger partial charge in [0, 0.05) is 6.20 Å². The second kappa shape index (κ2) is 6.18. The predicted octanol–water partition coefficient (Wildman–Crippen LogP) is 2.12. The zero-order valence-corrected chi connectivity index (χ0v) is 12.4. The number of methoxy groups -OCH3 is 1. The van der Waals surface area contributed by atoms with E-state index in [0.29, 0.717) is 17.1 Å². The molecule has 22 heavy (non-hydrogen) atoms. The lowest BCUT2D eigenvalue weighted by atomic mass is 10.2. The van der Waals surface area contributed by atoms with Gasteiger partial charge in [0.2, 0.25) is 5.88 Å². The van der Waals surface area contributed by atoms with E-state index in [-0.39, 0.29) is 12.0 Å². The first-order valence-corrected chi connectivity index (χ1v) is 6.54. The van der Waals surface area contributed by atoms with Crippen molar-refractivity contribution in [1.29, 1.82) is 5.26 Å². The van der Waals surface area contributed by atoms with Crippen LogP contribution >= 0.6 is 0 Å². The van der Waals surface area contributed by atoms with Crippen LogP contribution in [0.4, 0.5) is 0 Å². The zero-order valence-electron chi connectivity index (χ0n) is 12.4. The lowest BCUT2D eigenvalue weighted by molar-refractivity contribution is -0.132.